The van der Waals surface area contributed by atoms with Gasteiger partial charge in [0.15, 0.2) is 0 Å². The number of benzene rings is 2. The molecule has 0 saturated heterocycles. The van der Waals surface area contributed by atoms with Crippen molar-refractivity contribution in [3.63, 3.8) is 0 Å². The highest BCUT2D eigenvalue weighted by molar-refractivity contribution is 14.1. The number of esters is 1. The second-order valence-corrected chi connectivity index (χ2v) is 9.09. The number of alkyl halides is 1. The van der Waals surface area contributed by atoms with E-state index in [0.29, 0.717) is 6.61 Å². The second kappa shape index (κ2) is 8.21. The van der Waals surface area contributed by atoms with E-state index in [1.54, 1.807) is 0 Å². The van der Waals surface area contributed by atoms with Crippen LogP contribution in [-0.4, -0.2) is 23.3 Å². The Labute approximate surface area is 173 Å². The molecule has 0 aromatic heterocycles. The molecule has 2 aromatic rings. The van der Waals surface area contributed by atoms with E-state index in [9.17, 15) is 4.79 Å². The third kappa shape index (κ3) is 3.74. The normalized spacial score (nSPS) is 16.1. The zero-order valence-corrected chi connectivity index (χ0v) is 18.2. The average molecular weight is 482 g/mol. The van der Waals surface area contributed by atoms with Crippen molar-refractivity contribution in [3.8, 4) is 5.75 Å². The van der Waals surface area contributed by atoms with E-state index in [1.165, 1.54) is 18.2 Å². The summed E-state index contributed by atoms with van der Waals surface area (Å²) in [4.78, 5) is 12.3. The van der Waals surface area contributed by atoms with Gasteiger partial charge in [-0.2, -0.15) is 0 Å². The molecule has 1 aliphatic heterocycles. The highest BCUT2D eigenvalue weighted by Gasteiger charge is 2.33. The van der Waals surface area contributed by atoms with E-state index in [0.717, 1.165) is 27.1 Å². The lowest BCUT2D eigenvalue weighted by molar-refractivity contribution is -0.146. The number of hydrogen-bond acceptors (Lipinski definition) is 4. The number of carbonyl (C=O) groups excluding carboxylic acids is 1. The molecule has 3 rings (SSSR count). The molecule has 0 radical (unpaired) electrons. The number of methoxy groups -OCH3 is 1. The van der Waals surface area contributed by atoms with Crippen LogP contribution in [0.25, 0.3) is 0 Å². The zero-order valence-electron chi connectivity index (χ0n) is 15.3. The molecule has 0 aliphatic carbocycles. The number of carbonyl (C=O) groups is 1. The van der Waals surface area contributed by atoms with Gasteiger partial charge < -0.3 is 9.47 Å². The van der Waals surface area contributed by atoms with Crippen molar-refractivity contribution < 1.29 is 14.3 Å². The van der Waals surface area contributed by atoms with Crippen LogP contribution in [0.5, 0.6) is 5.75 Å². The summed E-state index contributed by atoms with van der Waals surface area (Å²) < 4.78 is 12.2. The summed E-state index contributed by atoms with van der Waals surface area (Å²) in [6.07, 6.45) is 0. The fraction of sp³-hybridized carbons (Fsp3) is 0.381. The van der Waals surface area contributed by atoms with Crippen LogP contribution in [-0.2, 0) is 21.6 Å². The first-order valence-electron chi connectivity index (χ1n) is 8.60. The van der Waals surface area contributed by atoms with Gasteiger partial charge in [0.1, 0.15) is 12.4 Å². The molecular formula is C21H23IO3S. The summed E-state index contributed by atoms with van der Waals surface area (Å²) in [5.74, 6) is 1.73. The first-order valence-corrected chi connectivity index (χ1v) is 11.2. The molecule has 26 heavy (non-hydrogen) atoms. The Balaban J connectivity index is 2.11. The van der Waals surface area contributed by atoms with E-state index in [4.69, 9.17) is 9.47 Å². The molecule has 0 spiro atoms. The highest BCUT2D eigenvalue weighted by Crippen LogP contribution is 2.45. The maximum Gasteiger partial charge on any atom is 0.315 e. The van der Waals surface area contributed by atoms with Gasteiger partial charge in [-0.15, -0.1) is 11.8 Å². The van der Waals surface area contributed by atoms with Crippen LogP contribution in [0.3, 0.4) is 0 Å². The van der Waals surface area contributed by atoms with E-state index >= 15 is 0 Å². The van der Waals surface area contributed by atoms with Crippen LogP contribution < -0.4 is 4.74 Å². The molecule has 1 atom stereocenters. The lowest BCUT2D eigenvalue weighted by Crippen LogP contribution is -2.30. The molecule has 0 N–H and O–H groups in total. The van der Waals surface area contributed by atoms with Crippen molar-refractivity contribution in [1.29, 1.82) is 0 Å². The molecule has 5 heteroatoms. The van der Waals surface area contributed by atoms with Gasteiger partial charge in [0, 0.05) is 15.7 Å². The van der Waals surface area contributed by atoms with Gasteiger partial charge in [-0.05, 0) is 42.7 Å². The van der Waals surface area contributed by atoms with Gasteiger partial charge >= 0.3 is 5.97 Å². The molecule has 1 aliphatic rings. The minimum absolute atomic E-state index is 0.201. The Morgan fingerprint density at radius 2 is 2.04 bits per heavy atom. The van der Waals surface area contributed by atoms with E-state index in [1.807, 2.05) is 37.7 Å². The first kappa shape index (κ1) is 19.5. The van der Waals surface area contributed by atoms with Gasteiger partial charge in [0.05, 0.1) is 17.8 Å². The largest absolute Gasteiger partial charge is 0.489 e. The molecule has 0 bridgehead atoms. The molecule has 138 valence electrons. The predicted octanol–water partition coefficient (Wildman–Crippen LogP) is 5.29. The SMILES string of the molecule is COC(=O)C(C)(C)c1ccc2c(c1)C(SCCI)c1ccccc1CO2. The van der Waals surface area contributed by atoms with Gasteiger partial charge in [0.2, 0.25) is 0 Å². The maximum absolute atomic E-state index is 12.3. The monoisotopic (exact) mass is 482 g/mol. The average Bonchev–Trinajstić information content (AvgIpc) is 2.82. The minimum atomic E-state index is -0.700. The smallest absolute Gasteiger partial charge is 0.315 e. The van der Waals surface area contributed by atoms with Crippen LogP contribution in [0.4, 0.5) is 0 Å². The number of rotatable bonds is 5. The van der Waals surface area contributed by atoms with Crippen molar-refractivity contribution in [3.05, 3.63) is 64.7 Å². The van der Waals surface area contributed by atoms with E-state index in [2.05, 4.69) is 52.9 Å². The Morgan fingerprint density at radius 3 is 2.77 bits per heavy atom. The van der Waals surface area contributed by atoms with Crippen LogP contribution >= 0.6 is 34.4 Å². The van der Waals surface area contributed by atoms with Crippen LogP contribution in [0, 0.1) is 0 Å². The summed E-state index contributed by atoms with van der Waals surface area (Å²) in [6.45, 7) is 4.38. The lowest BCUT2D eigenvalue weighted by Gasteiger charge is -2.25. The number of hydrogen-bond donors (Lipinski definition) is 0. The molecule has 2 aromatic carbocycles. The molecular weight excluding hydrogens is 459 g/mol. The van der Waals surface area contributed by atoms with Crippen molar-refractivity contribution >= 4 is 40.3 Å². The predicted molar refractivity (Wildman–Crippen MR) is 115 cm³/mol. The number of fused-ring (bicyclic) bond motifs is 2. The highest BCUT2D eigenvalue weighted by atomic mass is 127. The Bertz CT molecular complexity index is 804. The Morgan fingerprint density at radius 1 is 1.27 bits per heavy atom. The molecule has 0 amide bonds. The van der Waals surface area contributed by atoms with Crippen molar-refractivity contribution in [2.75, 3.05) is 17.3 Å². The summed E-state index contributed by atoms with van der Waals surface area (Å²) in [5.41, 5.74) is 3.91. The van der Waals surface area contributed by atoms with Crippen molar-refractivity contribution in [2.45, 2.75) is 31.1 Å². The van der Waals surface area contributed by atoms with Gasteiger partial charge in [-0.3, -0.25) is 4.79 Å². The summed E-state index contributed by atoms with van der Waals surface area (Å²) >= 11 is 4.34. The van der Waals surface area contributed by atoms with Crippen molar-refractivity contribution in [1.82, 2.24) is 0 Å². The minimum Gasteiger partial charge on any atom is -0.489 e. The third-order valence-electron chi connectivity index (χ3n) is 4.79. The van der Waals surface area contributed by atoms with Crippen LogP contribution in [0.15, 0.2) is 42.5 Å². The third-order valence-corrected chi connectivity index (χ3v) is 7.34. The van der Waals surface area contributed by atoms with Crippen molar-refractivity contribution in [2.24, 2.45) is 0 Å². The lowest BCUT2D eigenvalue weighted by atomic mass is 9.83. The maximum atomic E-state index is 12.3. The number of halogens is 1. The van der Waals surface area contributed by atoms with Gasteiger partial charge in [0.25, 0.3) is 0 Å². The van der Waals surface area contributed by atoms with Crippen LogP contribution in [0.1, 0.15) is 41.4 Å². The van der Waals surface area contributed by atoms with Gasteiger partial charge in [-0.1, -0.05) is 52.9 Å². The van der Waals surface area contributed by atoms with E-state index < -0.39 is 5.41 Å². The summed E-state index contributed by atoms with van der Waals surface area (Å²) in [5, 5.41) is 0.201. The quantitative estimate of drug-likeness (QED) is 0.330. The van der Waals surface area contributed by atoms with Crippen LogP contribution in [0.2, 0.25) is 0 Å². The first-order chi connectivity index (χ1) is 12.5. The molecule has 0 saturated carbocycles. The molecule has 1 unspecified atom stereocenters. The fourth-order valence-corrected chi connectivity index (χ4v) is 5.09. The molecule has 3 nitrogen and oxygen atoms in total. The standard InChI is InChI=1S/C21H23IO3S/c1-21(2,20(23)24-3)15-8-9-18-17(12-15)19(26-11-10-22)16-7-5-4-6-14(16)13-25-18/h4-9,12,19H,10-11,13H2,1-3H3. The number of ether oxygens (including phenoxy) is 2. The van der Waals surface area contributed by atoms with E-state index in [-0.39, 0.29) is 11.2 Å². The fourth-order valence-electron chi connectivity index (χ4n) is 3.23. The van der Waals surface area contributed by atoms with Gasteiger partial charge in [-0.25, -0.2) is 0 Å². The summed E-state index contributed by atoms with van der Waals surface area (Å²) in [7, 11) is 1.44. The topological polar surface area (TPSA) is 35.5 Å². The molecule has 0 fully saturated rings. The molecule has 1 heterocycles. The second-order valence-electron chi connectivity index (χ2n) is 6.80. The summed E-state index contributed by atoms with van der Waals surface area (Å²) in [6, 6.07) is 14.6. The Kier molecular flexibility index (Phi) is 6.17. The number of thioether (sulfide) groups is 1. The Hall–Kier alpha value is -1.21. The zero-order chi connectivity index (χ0) is 18.7.